The molecule has 0 saturated carbocycles. The number of piperazine rings is 1. The Bertz CT molecular complexity index is 606. The van der Waals surface area contributed by atoms with Gasteiger partial charge < -0.3 is 14.7 Å². The smallest absolute Gasteiger partial charge is 0.246 e. The average molecular weight is 357 g/mol. The standard InChI is InChI=1S/C21H31N3O2/c1-18-7-9-19(10-8-18)24-16-15-23(17-21(24)26)20(25)11-14-22-12-5-3-2-4-6-13-22/h7-10H,2-6,11-17H2,1H3. The van der Waals surface area contributed by atoms with E-state index in [-0.39, 0.29) is 18.4 Å². The van der Waals surface area contributed by atoms with Gasteiger partial charge in [0.1, 0.15) is 6.54 Å². The van der Waals surface area contributed by atoms with Gasteiger partial charge in [-0.05, 0) is 45.0 Å². The number of rotatable bonds is 4. The van der Waals surface area contributed by atoms with Gasteiger partial charge in [-0.15, -0.1) is 0 Å². The third-order valence-corrected chi connectivity index (χ3v) is 5.51. The lowest BCUT2D eigenvalue weighted by atomic mass is 10.1. The normalized spacial score (nSPS) is 20.0. The zero-order chi connectivity index (χ0) is 18.4. The van der Waals surface area contributed by atoms with Gasteiger partial charge in [-0.25, -0.2) is 0 Å². The molecule has 5 heteroatoms. The van der Waals surface area contributed by atoms with Crippen LogP contribution in [0.5, 0.6) is 0 Å². The van der Waals surface area contributed by atoms with Crippen LogP contribution in [-0.2, 0) is 9.59 Å². The van der Waals surface area contributed by atoms with Crippen LogP contribution < -0.4 is 4.90 Å². The molecule has 2 fully saturated rings. The predicted octanol–water partition coefficient (Wildman–Crippen LogP) is 2.83. The van der Waals surface area contributed by atoms with Crippen LogP contribution in [0.25, 0.3) is 0 Å². The summed E-state index contributed by atoms with van der Waals surface area (Å²) in [5, 5.41) is 0. The maximum atomic E-state index is 12.6. The molecule has 0 unspecified atom stereocenters. The van der Waals surface area contributed by atoms with E-state index in [9.17, 15) is 9.59 Å². The van der Waals surface area contributed by atoms with Gasteiger partial charge in [-0.2, -0.15) is 0 Å². The quantitative estimate of drug-likeness (QED) is 0.832. The number of benzene rings is 1. The molecule has 2 saturated heterocycles. The molecule has 0 spiro atoms. The van der Waals surface area contributed by atoms with Gasteiger partial charge >= 0.3 is 0 Å². The van der Waals surface area contributed by atoms with Crippen molar-refractivity contribution in [3.05, 3.63) is 29.8 Å². The van der Waals surface area contributed by atoms with Crippen LogP contribution >= 0.6 is 0 Å². The van der Waals surface area contributed by atoms with E-state index in [4.69, 9.17) is 0 Å². The largest absolute Gasteiger partial charge is 0.332 e. The topological polar surface area (TPSA) is 43.9 Å². The molecule has 0 radical (unpaired) electrons. The second-order valence-electron chi connectivity index (χ2n) is 7.56. The SMILES string of the molecule is Cc1ccc(N2CCN(C(=O)CCN3CCCCCCC3)CC2=O)cc1. The fourth-order valence-corrected chi connectivity index (χ4v) is 3.83. The lowest BCUT2D eigenvalue weighted by Gasteiger charge is -2.35. The van der Waals surface area contributed by atoms with Crippen molar-refractivity contribution in [3.63, 3.8) is 0 Å². The van der Waals surface area contributed by atoms with E-state index in [1.165, 1.54) is 37.7 Å². The zero-order valence-electron chi connectivity index (χ0n) is 16.0. The summed E-state index contributed by atoms with van der Waals surface area (Å²) < 4.78 is 0. The maximum Gasteiger partial charge on any atom is 0.246 e. The Morgan fingerprint density at radius 2 is 1.58 bits per heavy atom. The molecule has 142 valence electrons. The fraction of sp³-hybridized carbons (Fsp3) is 0.619. The number of hydrogen-bond donors (Lipinski definition) is 0. The molecule has 0 aromatic heterocycles. The Labute approximate surface area is 156 Å². The molecule has 0 bridgehead atoms. The van der Waals surface area contributed by atoms with Crippen molar-refractivity contribution in [1.29, 1.82) is 0 Å². The lowest BCUT2D eigenvalue weighted by Crippen LogP contribution is -2.52. The number of anilines is 1. The first-order valence-electron chi connectivity index (χ1n) is 10.0. The molecule has 0 atom stereocenters. The summed E-state index contributed by atoms with van der Waals surface area (Å²) in [5.41, 5.74) is 2.10. The maximum absolute atomic E-state index is 12.6. The number of aryl methyl sites for hydroxylation is 1. The van der Waals surface area contributed by atoms with Crippen molar-refractivity contribution in [3.8, 4) is 0 Å². The van der Waals surface area contributed by atoms with Crippen LogP contribution in [0.15, 0.2) is 24.3 Å². The number of carbonyl (C=O) groups excluding carboxylic acids is 2. The van der Waals surface area contributed by atoms with Crippen LogP contribution in [0.3, 0.4) is 0 Å². The van der Waals surface area contributed by atoms with Gasteiger partial charge in [0.25, 0.3) is 0 Å². The minimum Gasteiger partial charge on any atom is -0.332 e. The monoisotopic (exact) mass is 357 g/mol. The van der Waals surface area contributed by atoms with Gasteiger partial charge in [0.05, 0.1) is 0 Å². The van der Waals surface area contributed by atoms with E-state index >= 15 is 0 Å². The number of likely N-dealkylation sites (tertiary alicyclic amines) is 1. The molecule has 2 aliphatic rings. The van der Waals surface area contributed by atoms with Gasteiger partial charge in [-0.3, -0.25) is 9.59 Å². The van der Waals surface area contributed by atoms with Crippen molar-refractivity contribution in [1.82, 2.24) is 9.80 Å². The van der Waals surface area contributed by atoms with Crippen LogP contribution in [0.1, 0.15) is 44.1 Å². The Kier molecular flexibility index (Phi) is 6.67. The number of amides is 2. The van der Waals surface area contributed by atoms with E-state index in [2.05, 4.69) is 4.90 Å². The lowest BCUT2D eigenvalue weighted by molar-refractivity contribution is -0.137. The van der Waals surface area contributed by atoms with Gasteiger partial charge in [0, 0.05) is 31.7 Å². The molecular weight excluding hydrogens is 326 g/mol. The van der Waals surface area contributed by atoms with E-state index in [0.29, 0.717) is 19.5 Å². The van der Waals surface area contributed by atoms with Crippen LogP contribution in [-0.4, -0.2) is 60.9 Å². The van der Waals surface area contributed by atoms with E-state index in [1.807, 2.05) is 31.2 Å². The van der Waals surface area contributed by atoms with E-state index in [1.54, 1.807) is 9.80 Å². The molecule has 5 nitrogen and oxygen atoms in total. The predicted molar refractivity (Wildman–Crippen MR) is 104 cm³/mol. The highest BCUT2D eigenvalue weighted by molar-refractivity contribution is 5.97. The average Bonchev–Trinajstić information content (AvgIpc) is 2.61. The van der Waals surface area contributed by atoms with Crippen molar-refractivity contribution in [2.45, 2.75) is 45.4 Å². The molecule has 2 aliphatic heterocycles. The minimum atomic E-state index is 0.0136. The van der Waals surface area contributed by atoms with E-state index < -0.39 is 0 Å². The van der Waals surface area contributed by atoms with Gasteiger partial charge in [0.2, 0.25) is 11.8 Å². The summed E-state index contributed by atoms with van der Waals surface area (Å²) in [4.78, 5) is 31.0. The van der Waals surface area contributed by atoms with Gasteiger partial charge in [0.15, 0.2) is 0 Å². The molecule has 0 N–H and O–H groups in total. The Hall–Kier alpha value is -1.88. The van der Waals surface area contributed by atoms with Crippen LogP contribution in [0.4, 0.5) is 5.69 Å². The number of carbonyl (C=O) groups is 2. The van der Waals surface area contributed by atoms with Gasteiger partial charge in [-0.1, -0.05) is 37.0 Å². The summed E-state index contributed by atoms with van der Waals surface area (Å²) in [6.07, 6.45) is 6.96. The molecule has 1 aromatic carbocycles. The first-order chi connectivity index (χ1) is 12.6. The summed E-state index contributed by atoms with van der Waals surface area (Å²) in [7, 11) is 0. The highest BCUT2D eigenvalue weighted by Crippen LogP contribution is 2.18. The third kappa shape index (κ3) is 5.07. The molecule has 26 heavy (non-hydrogen) atoms. The molecule has 1 aromatic rings. The van der Waals surface area contributed by atoms with E-state index in [0.717, 1.165) is 25.3 Å². The van der Waals surface area contributed by atoms with Crippen molar-refractivity contribution in [2.75, 3.05) is 44.2 Å². The van der Waals surface area contributed by atoms with Crippen molar-refractivity contribution < 1.29 is 9.59 Å². The fourth-order valence-electron chi connectivity index (χ4n) is 3.83. The molecular formula is C21H31N3O2. The summed E-state index contributed by atoms with van der Waals surface area (Å²) in [5.74, 6) is 0.128. The Morgan fingerprint density at radius 3 is 2.23 bits per heavy atom. The molecule has 2 heterocycles. The zero-order valence-corrected chi connectivity index (χ0v) is 16.0. The molecule has 2 amide bonds. The highest BCUT2D eigenvalue weighted by atomic mass is 16.2. The molecule has 0 aliphatic carbocycles. The minimum absolute atomic E-state index is 0.0136. The van der Waals surface area contributed by atoms with Crippen LogP contribution in [0, 0.1) is 6.92 Å². The number of hydrogen-bond acceptors (Lipinski definition) is 3. The second-order valence-corrected chi connectivity index (χ2v) is 7.56. The van der Waals surface area contributed by atoms with Crippen molar-refractivity contribution >= 4 is 17.5 Å². The first-order valence-corrected chi connectivity index (χ1v) is 10.0. The van der Waals surface area contributed by atoms with Crippen molar-refractivity contribution in [2.24, 2.45) is 0 Å². The highest BCUT2D eigenvalue weighted by Gasteiger charge is 2.28. The Balaban J connectivity index is 1.47. The third-order valence-electron chi connectivity index (χ3n) is 5.51. The summed E-state index contributed by atoms with van der Waals surface area (Å²) in [6.45, 7) is 6.47. The Morgan fingerprint density at radius 1 is 0.923 bits per heavy atom. The second kappa shape index (κ2) is 9.17. The molecule has 3 rings (SSSR count). The summed E-state index contributed by atoms with van der Waals surface area (Å²) in [6, 6.07) is 7.99. The van der Waals surface area contributed by atoms with Crippen LogP contribution in [0.2, 0.25) is 0 Å². The number of nitrogens with zero attached hydrogens (tertiary/aromatic N) is 3. The first kappa shape index (κ1) is 18.9. The summed E-state index contributed by atoms with van der Waals surface area (Å²) >= 11 is 0.